The minimum atomic E-state index is 0.363. The summed E-state index contributed by atoms with van der Waals surface area (Å²) < 4.78 is 2.94. The average Bonchev–Trinajstić information content (AvgIpc) is 3.78. The molecule has 0 amide bonds. The quantitative estimate of drug-likeness (QED) is 0.126. The summed E-state index contributed by atoms with van der Waals surface area (Å²) in [5.41, 5.74) is 16.3. The number of fused-ring (bicyclic) bond motifs is 4. The first kappa shape index (κ1) is 40.3. The fourth-order valence-corrected chi connectivity index (χ4v) is 11.7. The molecule has 1 heterocycles. The Morgan fingerprint density at radius 1 is 0.224 bits per heavy atom. The molecule has 3 heteroatoms. The van der Waals surface area contributed by atoms with Crippen LogP contribution >= 0.6 is 0 Å². The van der Waals surface area contributed by atoms with Gasteiger partial charge in [0.15, 0.2) is 0 Å². The molecule has 0 spiro atoms. The van der Waals surface area contributed by atoms with Gasteiger partial charge in [-0.05, 0) is 69.8 Å². The van der Waals surface area contributed by atoms with Crippen LogP contribution in [0.4, 0.5) is 34.1 Å². The van der Waals surface area contributed by atoms with Gasteiger partial charge in [-0.15, -0.1) is 0 Å². The topological polar surface area (TPSA) is 6.48 Å². The summed E-state index contributed by atoms with van der Waals surface area (Å²) in [5.74, 6) is 0. The zero-order valence-electron chi connectivity index (χ0n) is 36.7. The number of benzene rings is 11. The van der Waals surface area contributed by atoms with Crippen molar-refractivity contribution in [3.63, 3.8) is 0 Å². The molecule has 0 aliphatic carbocycles. The zero-order chi connectivity index (χ0) is 44.5. The number of para-hydroxylation sites is 1. The van der Waals surface area contributed by atoms with Crippen molar-refractivity contribution in [1.29, 1.82) is 0 Å². The van der Waals surface area contributed by atoms with Crippen LogP contribution in [0, 0.1) is 0 Å². The van der Waals surface area contributed by atoms with E-state index in [1.165, 1.54) is 63.4 Å². The van der Waals surface area contributed by atoms with E-state index in [0.717, 1.165) is 45.3 Å². The maximum absolute atomic E-state index is 2.39. The summed E-state index contributed by atoms with van der Waals surface area (Å²) in [4.78, 5) is 4.72. The van der Waals surface area contributed by atoms with E-state index in [9.17, 15) is 0 Å². The molecular formula is C64H44N2Se. The van der Waals surface area contributed by atoms with Crippen LogP contribution in [0.3, 0.4) is 0 Å². The van der Waals surface area contributed by atoms with Gasteiger partial charge in [0.25, 0.3) is 0 Å². The summed E-state index contributed by atoms with van der Waals surface area (Å²) >= 11 is 0.363. The van der Waals surface area contributed by atoms with Crippen molar-refractivity contribution in [2.24, 2.45) is 0 Å². The summed E-state index contributed by atoms with van der Waals surface area (Å²) in [6, 6.07) is 97.1. The molecule has 0 radical (unpaired) electrons. The van der Waals surface area contributed by atoms with Gasteiger partial charge in [0.1, 0.15) is 0 Å². The van der Waals surface area contributed by atoms with E-state index in [0.29, 0.717) is 14.5 Å². The molecule has 316 valence electrons. The van der Waals surface area contributed by atoms with E-state index in [1.54, 1.807) is 0 Å². The summed E-state index contributed by atoms with van der Waals surface area (Å²) in [6.45, 7) is 0. The zero-order valence-corrected chi connectivity index (χ0v) is 38.4. The fourth-order valence-electron chi connectivity index (χ4n) is 9.46. The van der Waals surface area contributed by atoms with E-state index in [1.807, 2.05) is 0 Å². The number of hydrogen-bond donors (Lipinski definition) is 0. The van der Waals surface area contributed by atoms with Gasteiger partial charge in [-0.25, -0.2) is 0 Å². The van der Waals surface area contributed by atoms with Crippen molar-refractivity contribution in [2.75, 3.05) is 9.80 Å². The molecule has 12 aromatic rings. The van der Waals surface area contributed by atoms with E-state index in [-0.39, 0.29) is 0 Å². The molecule has 0 unspecified atom stereocenters. The third kappa shape index (κ3) is 7.91. The predicted octanol–water partition coefficient (Wildman–Crippen LogP) is 17.8. The Labute approximate surface area is 397 Å². The second kappa shape index (κ2) is 17.6. The SMILES string of the molecule is c1ccc(-c2ccc(-c3ccc(N(c4ccccc4)c4ccc(-c5ccc(N(c6ccc(-c7ccc8[se]c9ccccc9c8c7)cc6)c6cccc7ccccc67)cc5)cc4)cc3)cc2)cc1. The standard InChI is InChI=1S/C64H44N2Se/c1-3-12-45(13-4-1)46-22-24-47(25-23-46)48-26-35-55(36-27-48)65(54-16-5-2-6-17-54)56-37-28-49(29-38-56)50-30-39-57(40-31-50)66(62-20-11-15-52-14-7-8-18-59(52)62)58-41-32-51(33-42-58)53-34-43-64-61(44-53)60-19-9-10-21-63(60)67-64/h1-44H. The van der Waals surface area contributed by atoms with Crippen molar-refractivity contribution >= 4 is 78.7 Å². The van der Waals surface area contributed by atoms with Gasteiger partial charge < -0.3 is 4.90 Å². The molecule has 0 saturated carbocycles. The summed E-state index contributed by atoms with van der Waals surface area (Å²) in [7, 11) is 0. The molecule has 12 rings (SSSR count). The van der Waals surface area contributed by atoms with Crippen LogP contribution in [0.25, 0.3) is 74.6 Å². The Balaban J connectivity index is 0.839. The van der Waals surface area contributed by atoms with Crippen LogP contribution < -0.4 is 9.80 Å². The average molecular weight is 920 g/mol. The minimum absolute atomic E-state index is 0.363. The van der Waals surface area contributed by atoms with E-state index < -0.39 is 0 Å². The Hall–Kier alpha value is -8.20. The van der Waals surface area contributed by atoms with Crippen LogP contribution in [-0.4, -0.2) is 14.5 Å². The monoisotopic (exact) mass is 920 g/mol. The molecule has 0 fully saturated rings. The van der Waals surface area contributed by atoms with Crippen LogP contribution in [0.15, 0.2) is 267 Å². The van der Waals surface area contributed by atoms with Crippen molar-refractivity contribution in [3.05, 3.63) is 267 Å². The molecule has 0 N–H and O–H groups in total. The first-order chi connectivity index (χ1) is 33.2. The second-order valence-corrected chi connectivity index (χ2v) is 19.2. The molecule has 67 heavy (non-hydrogen) atoms. The fraction of sp³-hybridized carbons (Fsp3) is 0. The molecule has 2 nitrogen and oxygen atoms in total. The number of nitrogens with zero attached hydrogens (tertiary/aromatic N) is 2. The summed E-state index contributed by atoms with van der Waals surface area (Å²) in [5, 5.41) is 5.19. The molecule has 0 atom stereocenters. The second-order valence-electron chi connectivity index (χ2n) is 16.9. The summed E-state index contributed by atoms with van der Waals surface area (Å²) in [6.07, 6.45) is 0. The van der Waals surface area contributed by atoms with Gasteiger partial charge in [-0.3, -0.25) is 0 Å². The van der Waals surface area contributed by atoms with Crippen molar-refractivity contribution in [3.8, 4) is 44.5 Å². The molecule has 0 aliphatic rings. The maximum atomic E-state index is 2.39. The van der Waals surface area contributed by atoms with Gasteiger partial charge in [0.05, 0.1) is 0 Å². The van der Waals surface area contributed by atoms with Gasteiger partial charge in [-0.1, -0.05) is 121 Å². The molecule has 0 aliphatic heterocycles. The molecular weight excluding hydrogens is 876 g/mol. The normalized spacial score (nSPS) is 11.3. The number of rotatable bonds is 10. The molecule has 11 aromatic carbocycles. The molecule has 1 aromatic heterocycles. The molecule has 0 bridgehead atoms. The van der Waals surface area contributed by atoms with Crippen molar-refractivity contribution < 1.29 is 0 Å². The Bertz CT molecular complexity index is 3630. The number of hydrogen-bond acceptors (Lipinski definition) is 2. The van der Waals surface area contributed by atoms with E-state index in [2.05, 4.69) is 277 Å². The van der Waals surface area contributed by atoms with E-state index in [4.69, 9.17) is 0 Å². The van der Waals surface area contributed by atoms with Crippen molar-refractivity contribution in [1.82, 2.24) is 0 Å². The Morgan fingerprint density at radius 2 is 0.597 bits per heavy atom. The Kier molecular flexibility index (Phi) is 10.6. The van der Waals surface area contributed by atoms with Gasteiger partial charge >= 0.3 is 187 Å². The van der Waals surface area contributed by atoms with Crippen molar-refractivity contribution in [2.45, 2.75) is 0 Å². The van der Waals surface area contributed by atoms with Crippen LogP contribution in [0.1, 0.15) is 0 Å². The van der Waals surface area contributed by atoms with Crippen LogP contribution in [0.5, 0.6) is 0 Å². The third-order valence-corrected chi connectivity index (χ3v) is 15.3. The smallest absolute Gasteiger partial charge is 0.0617 e. The van der Waals surface area contributed by atoms with Crippen LogP contribution in [0.2, 0.25) is 0 Å². The van der Waals surface area contributed by atoms with Gasteiger partial charge in [0, 0.05) is 17.1 Å². The van der Waals surface area contributed by atoms with Crippen LogP contribution in [-0.2, 0) is 0 Å². The Morgan fingerprint density at radius 3 is 1.16 bits per heavy atom. The van der Waals surface area contributed by atoms with Gasteiger partial charge in [0.2, 0.25) is 0 Å². The first-order valence-corrected chi connectivity index (χ1v) is 24.5. The van der Waals surface area contributed by atoms with Gasteiger partial charge in [-0.2, -0.15) is 0 Å². The third-order valence-electron chi connectivity index (χ3n) is 12.9. The first-order valence-electron chi connectivity index (χ1n) is 22.8. The number of anilines is 6. The minimum Gasteiger partial charge on any atom is -0.0617 e. The predicted molar refractivity (Wildman–Crippen MR) is 287 cm³/mol. The van der Waals surface area contributed by atoms with E-state index >= 15 is 0 Å². The molecule has 0 saturated heterocycles.